The summed E-state index contributed by atoms with van der Waals surface area (Å²) in [5.74, 6) is -0.360. The van der Waals surface area contributed by atoms with Crippen LogP contribution in [0.3, 0.4) is 0 Å². The van der Waals surface area contributed by atoms with E-state index in [9.17, 15) is 9.59 Å². The Morgan fingerprint density at radius 2 is 2.09 bits per heavy atom. The minimum atomic E-state index is -0.286. The highest BCUT2D eigenvalue weighted by atomic mass is 16.5. The van der Waals surface area contributed by atoms with Crippen molar-refractivity contribution in [3.8, 4) is 0 Å². The van der Waals surface area contributed by atoms with Crippen molar-refractivity contribution in [3.05, 3.63) is 17.0 Å². The number of hydrogen-bond acceptors (Lipinski definition) is 4. The maximum atomic E-state index is 12.9. The Morgan fingerprint density at radius 3 is 3.00 bits per heavy atom. The molecule has 2 bridgehead atoms. The van der Waals surface area contributed by atoms with Crippen LogP contribution >= 0.6 is 0 Å². The highest BCUT2D eigenvalue weighted by Gasteiger charge is 2.36. The molecule has 4 rings (SSSR count). The zero-order valence-electron chi connectivity index (χ0n) is 12.4. The number of hydrogen-bond donors (Lipinski definition) is 2. The van der Waals surface area contributed by atoms with Crippen LogP contribution in [0.4, 0.5) is 0 Å². The molecule has 3 heterocycles. The highest BCUT2D eigenvalue weighted by molar-refractivity contribution is 5.95. The van der Waals surface area contributed by atoms with Crippen molar-refractivity contribution in [3.63, 3.8) is 0 Å². The number of nitrogens with zero attached hydrogens (tertiary/aromatic N) is 2. The summed E-state index contributed by atoms with van der Waals surface area (Å²) in [5.41, 5.74) is 2.71. The first-order valence-corrected chi connectivity index (χ1v) is 7.96. The molecule has 2 aliphatic heterocycles. The van der Waals surface area contributed by atoms with Crippen LogP contribution in [-0.4, -0.2) is 59.3 Å². The lowest BCUT2D eigenvalue weighted by Crippen LogP contribution is -2.44. The largest absolute Gasteiger partial charge is 0.378 e. The van der Waals surface area contributed by atoms with E-state index in [0.717, 1.165) is 36.9 Å². The van der Waals surface area contributed by atoms with E-state index in [1.807, 2.05) is 0 Å². The van der Waals surface area contributed by atoms with Crippen LogP contribution in [0.2, 0.25) is 0 Å². The van der Waals surface area contributed by atoms with E-state index >= 15 is 0 Å². The molecular formula is C15H20N4O3. The Balaban J connectivity index is 1.60. The van der Waals surface area contributed by atoms with E-state index in [0.29, 0.717) is 32.0 Å². The number of fused-ring (bicyclic) bond motifs is 4. The predicted octanol–water partition coefficient (Wildman–Crippen LogP) is -0.124. The zero-order valence-corrected chi connectivity index (χ0v) is 12.4. The number of amides is 2. The summed E-state index contributed by atoms with van der Waals surface area (Å²) in [4.78, 5) is 26.7. The number of H-pyrrole nitrogens is 1. The molecule has 1 aromatic heterocycles. The topological polar surface area (TPSA) is 87.3 Å². The van der Waals surface area contributed by atoms with Gasteiger partial charge in [0.05, 0.1) is 25.2 Å². The van der Waals surface area contributed by atoms with Gasteiger partial charge in [0.1, 0.15) is 0 Å². The van der Waals surface area contributed by atoms with Gasteiger partial charge in [-0.2, -0.15) is 5.10 Å². The minimum absolute atomic E-state index is 0.0122. The summed E-state index contributed by atoms with van der Waals surface area (Å²) in [7, 11) is 0. The predicted molar refractivity (Wildman–Crippen MR) is 77.4 cm³/mol. The van der Waals surface area contributed by atoms with Crippen LogP contribution in [-0.2, 0) is 22.4 Å². The summed E-state index contributed by atoms with van der Waals surface area (Å²) in [6, 6.07) is -0.126. The van der Waals surface area contributed by atoms with Crippen LogP contribution in [0.25, 0.3) is 0 Å². The molecule has 118 valence electrons. The van der Waals surface area contributed by atoms with Gasteiger partial charge >= 0.3 is 0 Å². The van der Waals surface area contributed by atoms with Crippen LogP contribution in [0.1, 0.15) is 34.6 Å². The number of carbonyl (C=O) groups is 2. The van der Waals surface area contributed by atoms with Crippen molar-refractivity contribution in [1.82, 2.24) is 20.4 Å². The maximum Gasteiger partial charge on any atom is 0.274 e. The Hall–Kier alpha value is -1.89. The monoisotopic (exact) mass is 304 g/mol. The summed E-state index contributed by atoms with van der Waals surface area (Å²) in [6.45, 7) is 1.74. The van der Waals surface area contributed by atoms with Gasteiger partial charge in [0, 0.05) is 24.3 Å². The van der Waals surface area contributed by atoms with E-state index < -0.39 is 0 Å². The number of rotatable bonds is 1. The van der Waals surface area contributed by atoms with Crippen molar-refractivity contribution in [2.75, 3.05) is 26.3 Å². The van der Waals surface area contributed by atoms with Gasteiger partial charge in [-0.05, 0) is 25.7 Å². The fourth-order valence-corrected chi connectivity index (χ4v) is 3.60. The number of nitrogens with one attached hydrogen (secondary N) is 2. The number of aromatic nitrogens is 2. The van der Waals surface area contributed by atoms with Gasteiger partial charge in [-0.3, -0.25) is 14.7 Å². The lowest BCUT2D eigenvalue weighted by atomic mass is 9.95. The second-order valence-electron chi connectivity index (χ2n) is 6.39. The SMILES string of the molecule is O=C1N[C@@H]2COC[C@H]1CN(C(=O)c1n[nH]c3c1CCCC3)C2. The third kappa shape index (κ3) is 2.29. The summed E-state index contributed by atoms with van der Waals surface area (Å²) in [6.07, 6.45) is 4.13. The minimum Gasteiger partial charge on any atom is -0.378 e. The average molecular weight is 304 g/mol. The first kappa shape index (κ1) is 13.8. The molecule has 1 aliphatic carbocycles. The normalized spacial score (nSPS) is 27.8. The second-order valence-corrected chi connectivity index (χ2v) is 6.39. The molecule has 0 radical (unpaired) electrons. The van der Waals surface area contributed by atoms with Crippen LogP contribution < -0.4 is 5.32 Å². The van der Waals surface area contributed by atoms with Crippen molar-refractivity contribution >= 4 is 11.8 Å². The van der Waals surface area contributed by atoms with Gasteiger partial charge in [-0.25, -0.2) is 0 Å². The molecule has 0 unspecified atom stereocenters. The average Bonchev–Trinajstić information content (AvgIpc) is 2.76. The molecule has 2 amide bonds. The van der Waals surface area contributed by atoms with E-state index in [-0.39, 0.29) is 23.8 Å². The molecule has 0 aromatic carbocycles. The van der Waals surface area contributed by atoms with Gasteiger partial charge < -0.3 is 15.0 Å². The first-order chi connectivity index (χ1) is 10.7. The molecule has 22 heavy (non-hydrogen) atoms. The van der Waals surface area contributed by atoms with E-state index in [4.69, 9.17) is 4.74 Å². The molecule has 2 fully saturated rings. The van der Waals surface area contributed by atoms with Crippen LogP contribution in [0.15, 0.2) is 0 Å². The smallest absolute Gasteiger partial charge is 0.274 e. The highest BCUT2D eigenvalue weighted by Crippen LogP contribution is 2.24. The Labute approximate surface area is 128 Å². The Kier molecular flexibility index (Phi) is 3.37. The molecule has 2 saturated heterocycles. The van der Waals surface area contributed by atoms with Crippen molar-refractivity contribution in [2.24, 2.45) is 5.92 Å². The molecule has 3 aliphatic rings. The maximum absolute atomic E-state index is 12.9. The quantitative estimate of drug-likeness (QED) is 0.757. The van der Waals surface area contributed by atoms with Gasteiger partial charge in [-0.15, -0.1) is 0 Å². The molecule has 0 spiro atoms. The molecule has 1 aromatic rings. The van der Waals surface area contributed by atoms with Gasteiger partial charge in [-0.1, -0.05) is 0 Å². The van der Waals surface area contributed by atoms with Crippen molar-refractivity contribution in [2.45, 2.75) is 31.7 Å². The third-order valence-electron chi connectivity index (χ3n) is 4.78. The molecule has 7 nitrogen and oxygen atoms in total. The number of aryl methyl sites for hydroxylation is 1. The summed E-state index contributed by atoms with van der Waals surface area (Å²) in [5, 5.41) is 10.2. The lowest BCUT2D eigenvalue weighted by Gasteiger charge is -2.27. The standard InChI is InChI=1S/C15H20N4O3/c20-14-9-5-19(6-10(16-14)8-22-7-9)15(21)13-11-3-1-2-4-12(11)17-18-13/h9-10H,1-8H2,(H,16,20)(H,17,18)/t9-,10+/m1/s1. The Bertz CT molecular complexity index is 612. The van der Waals surface area contributed by atoms with E-state index in [2.05, 4.69) is 15.5 Å². The molecule has 2 N–H and O–H groups in total. The molecule has 2 atom stereocenters. The fraction of sp³-hybridized carbons (Fsp3) is 0.667. The third-order valence-corrected chi connectivity index (χ3v) is 4.78. The van der Waals surface area contributed by atoms with Crippen molar-refractivity contribution in [1.29, 1.82) is 0 Å². The van der Waals surface area contributed by atoms with Gasteiger partial charge in [0.2, 0.25) is 5.91 Å². The molecular weight excluding hydrogens is 284 g/mol. The fourth-order valence-electron chi connectivity index (χ4n) is 3.60. The number of carbonyl (C=O) groups excluding carboxylic acids is 2. The number of ether oxygens (including phenoxy) is 1. The summed E-state index contributed by atoms with van der Waals surface area (Å²) < 4.78 is 5.50. The lowest BCUT2D eigenvalue weighted by molar-refractivity contribution is -0.125. The van der Waals surface area contributed by atoms with Gasteiger partial charge in [0.25, 0.3) is 5.91 Å². The van der Waals surface area contributed by atoms with Crippen LogP contribution in [0, 0.1) is 5.92 Å². The van der Waals surface area contributed by atoms with E-state index in [1.54, 1.807) is 4.90 Å². The van der Waals surface area contributed by atoms with Crippen LogP contribution in [0.5, 0.6) is 0 Å². The number of aromatic amines is 1. The van der Waals surface area contributed by atoms with Gasteiger partial charge in [0.15, 0.2) is 5.69 Å². The zero-order chi connectivity index (χ0) is 15.1. The first-order valence-electron chi connectivity index (χ1n) is 7.96. The molecule has 7 heteroatoms. The Morgan fingerprint density at radius 1 is 1.23 bits per heavy atom. The second kappa shape index (κ2) is 5.39. The summed E-state index contributed by atoms with van der Waals surface area (Å²) >= 11 is 0. The van der Waals surface area contributed by atoms with E-state index in [1.165, 1.54) is 0 Å². The van der Waals surface area contributed by atoms with Crippen molar-refractivity contribution < 1.29 is 14.3 Å². The molecule has 0 saturated carbocycles.